The number of nitrogens with two attached hydrogens (primary N) is 1. The Bertz CT molecular complexity index is 441. The Morgan fingerprint density at radius 2 is 2.41 bits per heavy atom. The van der Waals surface area contributed by atoms with Crippen molar-refractivity contribution in [2.45, 2.75) is 31.4 Å². The molecule has 0 aromatic carbocycles. The minimum Gasteiger partial charge on any atom is -0.397 e. The molecule has 1 heterocycles. The summed E-state index contributed by atoms with van der Waals surface area (Å²) >= 11 is 0. The number of pyridine rings is 1. The lowest BCUT2D eigenvalue weighted by Crippen LogP contribution is -2.18. The Hall–Kier alpha value is -1.80. The van der Waals surface area contributed by atoms with Gasteiger partial charge in [-0.3, -0.25) is 0 Å². The normalized spacial score (nSPS) is 23.3. The monoisotopic (exact) mass is 232 g/mol. The number of aromatic nitrogens is 1. The number of nitriles is 1. The maximum Gasteiger partial charge on any atom is 0.144 e. The third kappa shape index (κ3) is 2.66. The van der Waals surface area contributed by atoms with Gasteiger partial charge in [0.25, 0.3) is 0 Å². The van der Waals surface area contributed by atoms with Crippen LogP contribution in [0.5, 0.6) is 0 Å². The molecule has 0 saturated heterocycles. The van der Waals surface area contributed by atoms with Crippen LogP contribution in [0.2, 0.25) is 0 Å². The number of ether oxygens (including phenoxy) is 1. The highest BCUT2D eigenvalue weighted by molar-refractivity contribution is 5.57. The van der Waals surface area contributed by atoms with E-state index in [0.717, 1.165) is 19.3 Å². The Morgan fingerprint density at radius 3 is 3.06 bits per heavy atom. The standard InChI is InChI=1S/C12H16N4O/c1-17-11-3-2-10(5-11)16-12-8(6-13)4-9(14)7-15-12/h4,7,10-11H,2-3,5,14H2,1H3,(H,15,16). The van der Waals surface area contributed by atoms with Crippen molar-refractivity contribution in [2.24, 2.45) is 0 Å². The molecule has 5 nitrogen and oxygen atoms in total. The van der Waals surface area contributed by atoms with Crippen molar-refractivity contribution in [1.82, 2.24) is 4.98 Å². The average molecular weight is 232 g/mol. The van der Waals surface area contributed by atoms with Crippen LogP contribution in [0.15, 0.2) is 12.3 Å². The van der Waals surface area contributed by atoms with Gasteiger partial charge < -0.3 is 15.8 Å². The molecule has 1 aromatic rings. The summed E-state index contributed by atoms with van der Waals surface area (Å²) in [5.41, 5.74) is 6.59. The molecule has 3 N–H and O–H groups in total. The lowest BCUT2D eigenvalue weighted by molar-refractivity contribution is 0.108. The molecule has 0 amide bonds. The van der Waals surface area contributed by atoms with E-state index in [-0.39, 0.29) is 0 Å². The molecule has 2 rings (SSSR count). The van der Waals surface area contributed by atoms with E-state index >= 15 is 0 Å². The van der Waals surface area contributed by atoms with E-state index in [2.05, 4.69) is 16.4 Å². The van der Waals surface area contributed by atoms with Gasteiger partial charge in [-0.25, -0.2) is 4.98 Å². The number of nitrogens with one attached hydrogen (secondary N) is 1. The SMILES string of the molecule is COC1CCC(Nc2ncc(N)cc2C#N)C1. The van der Waals surface area contributed by atoms with Crippen LogP contribution < -0.4 is 11.1 Å². The Morgan fingerprint density at radius 1 is 1.59 bits per heavy atom. The molecule has 17 heavy (non-hydrogen) atoms. The van der Waals surface area contributed by atoms with E-state index in [9.17, 15) is 0 Å². The van der Waals surface area contributed by atoms with E-state index in [1.165, 1.54) is 0 Å². The van der Waals surface area contributed by atoms with Gasteiger partial charge in [-0.1, -0.05) is 0 Å². The zero-order valence-corrected chi connectivity index (χ0v) is 9.81. The van der Waals surface area contributed by atoms with Gasteiger partial charge in [0.05, 0.1) is 23.6 Å². The summed E-state index contributed by atoms with van der Waals surface area (Å²) in [6.07, 6.45) is 4.91. The van der Waals surface area contributed by atoms with Gasteiger partial charge in [0.1, 0.15) is 11.9 Å². The summed E-state index contributed by atoms with van der Waals surface area (Å²) in [5, 5.41) is 12.3. The van der Waals surface area contributed by atoms with Crippen molar-refractivity contribution in [2.75, 3.05) is 18.2 Å². The topological polar surface area (TPSA) is 84.0 Å². The summed E-state index contributed by atoms with van der Waals surface area (Å²) in [6, 6.07) is 4.06. The van der Waals surface area contributed by atoms with Crippen molar-refractivity contribution in [3.8, 4) is 6.07 Å². The van der Waals surface area contributed by atoms with Gasteiger partial charge in [-0.05, 0) is 25.3 Å². The molecule has 1 saturated carbocycles. The summed E-state index contributed by atoms with van der Waals surface area (Å²) in [4.78, 5) is 4.16. The van der Waals surface area contributed by atoms with E-state index in [1.54, 1.807) is 19.4 Å². The van der Waals surface area contributed by atoms with Crippen LogP contribution in [0.3, 0.4) is 0 Å². The molecule has 1 aliphatic rings. The van der Waals surface area contributed by atoms with E-state index < -0.39 is 0 Å². The highest BCUT2D eigenvalue weighted by atomic mass is 16.5. The van der Waals surface area contributed by atoms with Crippen molar-refractivity contribution in [3.05, 3.63) is 17.8 Å². The summed E-state index contributed by atoms with van der Waals surface area (Å²) < 4.78 is 5.31. The minimum atomic E-state index is 0.312. The molecule has 1 aliphatic carbocycles. The maximum absolute atomic E-state index is 9.00. The Kier molecular flexibility index (Phi) is 3.45. The summed E-state index contributed by atoms with van der Waals surface area (Å²) in [5.74, 6) is 0.614. The number of anilines is 2. The summed E-state index contributed by atoms with van der Waals surface area (Å²) in [6.45, 7) is 0. The molecular formula is C12H16N4O. The molecular weight excluding hydrogens is 216 g/mol. The van der Waals surface area contributed by atoms with E-state index in [4.69, 9.17) is 15.7 Å². The molecule has 5 heteroatoms. The van der Waals surface area contributed by atoms with Crippen LogP contribution in [-0.4, -0.2) is 24.2 Å². The number of hydrogen-bond acceptors (Lipinski definition) is 5. The van der Waals surface area contributed by atoms with Crippen molar-refractivity contribution in [3.63, 3.8) is 0 Å². The van der Waals surface area contributed by atoms with Crippen molar-refractivity contribution in [1.29, 1.82) is 5.26 Å². The first-order valence-corrected chi connectivity index (χ1v) is 5.68. The first-order valence-electron chi connectivity index (χ1n) is 5.68. The zero-order chi connectivity index (χ0) is 12.3. The molecule has 0 bridgehead atoms. The molecule has 90 valence electrons. The quantitative estimate of drug-likeness (QED) is 0.825. The fourth-order valence-electron chi connectivity index (χ4n) is 2.16. The van der Waals surface area contributed by atoms with Crippen LogP contribution in [0, 0.1) is 11.3 Å². The fourth-order valence-corrected chi connectivity index (χ4v) is 2.16. The van der Waals surface area contributed by atoms with Gasteiger partial charge >= 0.3 is 0 Å². The fraction of sp³-hybridized carbons (Fsp3) is 0.500. The largest absolute Gasteiger partial charge is 0.397 e. The van der Waals surface area contributed by atoms with Gasteiger partial charge in [0.15, 0.2) is 0 Å². The summed E-state index contributed by atoms with van der Waals surface area (Å²) in [7, 11) is 1.73. The highest BCUT2D eigenvalue weighted by Crippen LogP contribution is 2.25. The van der Waals surface area contributed by atoms with Crippen LogP contribution in [0.1, 0.15) is 24.8 Å². The Balaban J connectivity index is 2.07. The number of nitrogen functional groups attached to an aromatic ring is 1. The third-order valence-corrected chi connectivity index (χ3v) is 3.09. The maximum atomic E-state index is 9.00. The third-order valence-electron chi connectivity index (χ3n) is 3.09. The van der Waals surface area contributed by atoms with Crippen molar-refractivity contribution >= 4 is 11.5 Å². The second-order valence-electron chi connectivity index (χ2n) is 4.29. The predicted molar refractivity (Wildman–Crippen MR) is 65.4 cm³/mol. The lowest BCUT2D eigenvalue weighted by Gasteiger charge is -2.14. The smallest absolute Gasteiger partial charge is 0.144 e. The lowest BCUT2D eigenvalue weighted by atomic mass is 10.2. The van der Waals surface area contributed by atoms with Crippen LogP contribution >= 0.6 is 0 Å². The second-order valence-corrected chi connectivity index (χ2v) is 4.29. The first-order chi connectivity index (χ1) is 8.22. The molecule has 0 radical (unpaired) electrons. The van der Waals surface area contributed by atoms with Crippen LogP contribution in [-0.2, 0) is 4.74 Å². The van der Waals surface area contributed by atoms with Gasteiger partial charge in [0.2, 0.25) is 0 Å². The number of methoxy groups -OCH3 is 1. The zero-order valence-electron chi connectivity index (χ0n) is 9.81. The van der Waals surface area contributed by atoms with Gasteiger partial charge in [-0.15, -0.1) is 0 Å². The number of hydrogen-bond donors (Lipinski definition) is 2. The predicted octanol–water partition coefficient (Wildman–Crippen LogP) is 1.51. The van der Waals surface area contributed by atoms with Gasteiger partial charge in [-0.2, -0.15) is 5.26 Å². The molecule has 1 aromatic heterocycles. The number of rotatable bonds is 3. The molecule has 0 aliphatic heterocycles. The van der Waals surface area contributed by atoms with Crippen LogP contribution in [0.25, 0.3) is 0 Å². The first kappa shape index (κ1) is 11.7. The minimum absolute atomic E-state index is 0.312. The molecule has 2 unspecified atom stereocenters. The highest BCUT2D eigenvalue weighted by Gasteiger charge is 2.25. The van der Waals surface area contributed by atoms with E-state index in [1.807, 2.05) is 0 Å². The van der Waals surface area contributed by atoms with Gasteiger partial charge in [0, 0.05) is 13.2 Å². The van der Waals surface area contributed by atoms with E-state index in [0.29, 0.717) is 29.2 Å². The Labute approximate surface area is 101 Å². The van der Waals surface area contributed by atoms with Crippen molar-refractivity contribution < 1.29 is 4.74 Å². The molecule has 1 fully saturated rings. The average Bonchev–Trinajstić information content (AvgIpc) is 2.79. The number of nitrogens with zero attached hydrogens (tertiary/aromatic N) is 2. The van der Waals surface area contributed by atoms with Crippen LogP contribution in [0.4, 0.5) is 11.5 Å². The second kappa shape index (κ2) is 5.02. The molecule has 2 atom stereocenters. The molecule has 0 spiro atoms.